The second-order valence-corrected chi connectivity index (χ2v) is 37.8. The monoisotopic (exact) mass is 707 g/mol. The first-order valence-electron chi connectivity index (χ1n) is 14.8. The summed E-state index contributed by atoms with van der Waals surface area (Å²) in [6, 6.07) is 1.36. The number of rotatable bonds is 21. The van der Waals surface area contributed by atoms with Crippen LogP contribution in [-0.2, 0) is 25.4 Å². The molecular weight excluding hydrogens is 647 g/mol. The van der Waals surface area contributed by atoms with E-state index < -0.39 is 87.8 Å². The third-order valence-electron chi connectivity index (χ3n) is 5.79. The number of carbonyl (C=O) groups is 1. The molecule has 0 aliphatic carbocycles. The van der Waals surface area contributed by atoms with Crippen LogP contribution in [0.15, 0.2) is 0 Å². The van der Waals surface area contributed by atoms with Crippen molar-refractivity contribution in [2.75, 3.05) is 13.2 Å². The van der Waals surface area contributed by atoms with Gasteiger partial charge in [0.25, 0.3) is 5.91 Å². The van der Waals surface area contributed by atoms with Crippen LogP contribution < -0.4 is 5.32 Å². The van der Waals surface area contributed by atoms with Crippen molar-refractivity contribution in [1.29, 1.82) is 0 Å². The molecule has 0 fully saturated rings. The highest BCUT2D eigenvalue weighted by atomic mass is 28.5. The minimum absolute atomic E-state index is 0.150. The first-order valence-corrected chi connectivity index (χ1v) is 32.3. The maximum absolute atomic E-state index is 12.4. The van der Waals surface area contributed by atoms with Crippen molar-refractivity contribution in [1.82, 2.24) is 5.32 Å². The van der Waals surface area contributed by atoms with E-state index in [1.54, 1.807) is 0 Å². The van der Waals surface area contributed by atoms with Gasteiger partial charge in [-0.25, -0.2) is 0 Å². The predicted molar refractivity (Wildman–Crippen MR) is 179 cm³/mol. The third kappa shape index (κ3) is 17.2. The van der Waals surface area contributed by atoms with Crippen LogP contribution in [0.25, 0.3) is 0 Å². The van der Waals surface area contributed by atoms with Crippen molar-refractivity contribution in [3.63, 3.8) is 0 Å². The van der Waals surface area contributed by atoms with Crippen LogP contribution in [0, 0.1) is 0 Å². The minimum Gasteiger partial charge on any atom is -0.437 e. The Kier molecular flexibility index (Phi) is 16.9. The van der Waals surface area contributed by atoms with E-state index in [9.17, 15) is 25.2 Å². The summed E-state index contributed by atoms with van der Waals surface area (Å²) in [5.74, 6) is -0.906. The van der Waals surface area contributed by atoms with Crippen molar-refractivity contribution in [2.24, 2.45) is 0 Å². The number of nitrogens with one attached hydrogen (secondary N) is 1. The molecule has 42 heavy (non-hydrogen) atoms. The van der Waals surface area contributed by atoms with E-state index in [2.05, 4.69) is 58.1 Å². The van der Waals surface area contributed by atoms with Crippen LogP contribution in [0.4, 0.5) is 0 Å². The van der Waals surface area contributed by atoms with Crippen LogP contribution in [0.5, 0.6) is 0 Å². The molecule has 6 unspecified atom stereocenters. The summed E-state index contributed by atoms with van der Waals surface area (Å²) < 4.78 is 33.6. The van der Waals surface area contributed by atoms with Crippen molar-refractivity contribution in [3.8, 4) is 0 Å². The van der Waals surface area contributed by atoms with Gasteiger partial charge in [0.15, 0.2) is 22.7 Å². The molecule has 0 radical (unpaired) electrons. The Morgan fingerprint density at radius 1 is 0.667 bits per heavy atom. The van der Waals surface area contributed by atoms with Crippen molar-refractivity contribution < 1.29 is 50.9 Å². The smallest absolute Gasteiger partial charge is 0.317 e. The van der Waals surface area contributed by atoms with Gasteiger partial charge in [-0.05, 0) is 97.1 Å². The van der Waals surface area contributed by atoms with Crippen LogP contribution in [0.2, 0.25) is 90.7 Å². The van der Waals surface area contributed by atoms with Gasteiger partial charge in [0.1, 0.15) is 18.3 Å². The Labute approximate surface area is 260 Å². The summed E-state index contributed by atoms with van der Waals surface area (Å²) in [6.07, 6.45) is -6.12. The van der Waals surface area contributed by atoms with Gasteiger partial charge in [0, 0.05) is 6.54 Å². The average Bonchev–Trinajstić information content (AvgIpc) is 2.75. The van der Waals surface area contributed by atoms with Gasteiger partial charge in [-0.15, -0.1) is 0 Å². The molecule has 252 valence electrons. The summed E-state index contributed by atoms with van der Waals surface area (Å²) in [6.45, 7) is 26.5. The first kappa shape index (κ1) is 42.4. The zero-order chi connectivity index (χ0) is 33.4. The van der Waals surface area contributed by atoms with Gasteiger partial charge < -0.3 is 51.4 Å². The molecule has 6 atom stereocenters. The van der Waals surface area contributed by atoms with Crippen LogP contribution in [-0.4, -0.2) is 120 Å². The quantitative estimate of drug-likeness (QED) is 0.0764. The lowest BCUT2D eigenvalue weighted by Gasteiger charge is -2.44. The van der Waals surface area contributed by atoms with Gasteiger partial charge in [0.2, 0.25) is 0 Å². The van der Waals surface area contributed by atoms with E-state index in [0.717, 1.165) is 12.5 Å². The molecule has 0 aliphatic rings. The maximum atomic E-state index is 12.4. The summed E-state index contributed by atoms with van der Waals surface area (Å²) in [5, 5.41) is 51.0. The summed E-state index contributed by atoms with van der Waals surface area (Å²) in [4.78, 5) is 12.4. The average molecular weight is 708 g/mol. The van der Waals surface area contributed by atoms with Crippen molar-refractivity contribution in [2.45, 2.75) is 135 Å². The lowest BCUT2D eigenvalue weighted by atomic mass is 10.0. The number of hydrogen-bond acceptors (Lipinski definition) is 11. The molecule has 0 aliphatic heterocycles. The Morgan fingerprint density at radius 3 is 1.50 bits per heavy atom. The van der Waals surface area contributed by atoms with Crippen molar-refractivity contribution in [3.05, 3.63) is 0 Å². The van der Waals surface area contributed by atoms with Gasteiger partial charge in [-0.2, -0.15) is 0 Å². The molecule has 0 saturated heterocycles. The summed E-state index contributed by atoms with van der Waals surface area (Å²) in [5.41, 5.74) is 0. The molecule has 0 aromatic heterocycles. The van der Waals surface area contributed by atoms with E-state index in [0.29, 0.717) is 12.5 Å². The summed E-state index contributed by atoms with van der Waals surface area (Å²) in [7, 11) is -14.6. The highest BCUT2D eigenvalue weighted by Crippen LogP contribution is 2.31. The lowest BCUT2D eigenvalue weighted by Crippen LogP contribution is -2.61. The fourth-order valence-electron chi connectivity index (χ4n) is 5.09. The van der Waals surface area contributed by atoms with E-state index in [1.165, 1.54) is 0 Å². The molecule has 6 N–H and O–H groups in total. The van der Waals surface area contributed by atoms with Gasteiger partial charge in [0.05, 0.1) is 6.61 Å². The number of carbonyl (C=O) groups excluding carboxylic acids is 1. The topological polar surface area (TPSA) is 176 Å². The van der Waals surface area contributed by atoms with E-state index in [1.807, 2.05) is 32.7 Å². The Bertz CT molecular complexity index is 830. The highest BCUT2D eigenvalue weighted by Gasteiger charge is 2.49. The molecule has 18 heteroatoms. The maximum Gasteiger partial charge on any atom is 0.317 e. The SMILES string of the molecule is CCC[Si](C)(O[Si](C)(C)C)O[Si](C)(C)O[Si](C)(CCCNC(=O)C(O)C(O)C(O)C(O)CO)O[Si](C)(C)O[Si](C)(C)C. The molecule has 0 heterocycles. The fourth-order valence-corrected chi connectivity index (χ4v) is 34.2. The standard InChI is InChI=1S/C24H61NO11Si6/c1-14-17-41(12,33-38(5,6)7)35-40(10,11)36-42(13,34-39(8,9)32-37(2,3)4)18-15-16-25-24(31)23(30)22(29)21(28)20(27)19-26/h20-23,26-30H,14-19H2,1-13H3,(H,25,31). The molecule has 0 rings (SSSR count). The lowest BCUT2D eigenvalue weighted by molar-refractivity contribution is -0.148. The zero-order valence-electron chi connectivity index (χ0n) is 28.2. The van der Waals surface area contributed by atoms with E-state index >= 15 is 0 Å². The highest BCUT2D eigenvalue weighted by molar-refractivity contribution is 6.91. The van der Waals surface area contributed by atoms with Crippen molar-refractivity contribution >= 4 is 56.8 Å². The predicted octanol–water partition coefficient (Wildman–Crippen LogP) is 2.64. The van der Waals surface area contributed by atoms with Gasteiger partial charge in [-0.1, -0.05) is 13.3 Å². The Hall–Kier alpha value is 0.371. The van der Waals surface area contributed by atoms with Crippen LogP contribution in [0.3, 0.4) is 0 Å². The second kappa shape index (κ2) is 16.8. The molecule has 12 nitrogen and oxygen atoms in total. The molecule has 0 spiro atoms. The molecule has 0 saturated carbocycles. The number of aliphatic hydroxyl groups excluding tert-OH is 5. The number of hydrogen-bond donors (Lipinski definition) is 6. The Balaban J connectivity index is 5.76. The largest absolute Gasteiger partial charge is 0.437 e. The third-order valence-corrected chi connectivity index (χ3v) is 28.1. The second-order valence-electron chi connectivity index (χ2n) is 14.1. The van der Waals surface area contributed by atoms with Crippen LogP contribution >= 0.6 is 0 Å². The summed E-state index contributed by atoms with van der Waals surface area (Å²) >= 11 is 0. The van der Waals surface area contributed by atoms with E-state index in [-0.39, 0.29) is 6.54 Å². The van der Waals surface area contributed by atoms with Gasteiger partial charge >= 0.3 is 34.2 Å². The number of amides is 1. The first-order chi connectivity index (χ1) is 18.7. The van der Waals surface area contributed by atoms with Crippen LogP contribution in [0.1, 0.15) is 19.8 Å². The zero-order valence-corrected chi connectivity index (χ0v) is 34.2. The molecule has 0 aromatic carbocycles. The molecule has 0 aromatic rings. The Morgan fingerprint density at radius 2 is 1.10 bits per heavy atom. The molecular formula is C24H61NO11Si6. The van der Waals surface area contributed by atoms with Gasteiger partial charge in [-0.3, -0.25) is 4.79 Å². The van der Waals surface area contributed by atoms with E-state index in [4.69, 9.17) is 25.7 Å². The number of aliphatic hydroxyl groups is 5. The normalized spacial score (nSPS) is 19.4. The minimum atomic E-state index is -2.95. The molecule has 1 amide bonds. The fraction of sp³-hybridized carbons (Fsp3) is 0.958. The molecule has 0 bridgehead atoms.